The molecule has 1 aliphatic heterocycles. The summed E-state index contributed by atoms with van der Waals surface area (Å²) < 4.78 is 10.7. The fourth-order valence-electron chi connectivity index (χ4n) is 3.01. The molecule has 0 radical (unpaired) electrons. The van der Waals surface area contributed by atoms with Crippen LogP contribution in [0, 0.1) is 0 Å². The van der Waals surface area contributed by atoms with Crippen LogP contribution in [0.1, 0.15) is 17.9 Å². The average molecular weight is 396 g/mol. The topological polar surface area (TPSA) is 91.5 Å². The number of aromatic nitrogens is 2. The first-order chi connectivity index (χ1) is 13.7. The molecule has 0 aliphatic carbocycles. The number of carboxylic acids is 1. The Hall–Kier alpha value is -2.97. The maximum atomic E-state index is 11.2. The molecule has 28 heavy (non-hydrogen) atoms. The minimum Gasteiger partial charge on any atom is -0.550 e. The quantitative estimate of drug-likeness (QED) is 0.631. The van der Waals surface area contributed by atoms with Gasteiger partial charge in [-0.2, -0.15) is 16.3 Å². The summed E-state index contributed by atoms with van der Waals surface area (Å²) in [5.74, 6) is -0.586. The first kappa shape index (κ1) is 18.4. The second kappa shape index (κ2) is 8.37. The van der Waals surface area contributed by atoms with Crippen molar-refractivity contribution in [3.63, 3.8) is 0 Å². The van der Waals surface area contributed by atoms with Gasteiger partial charge in [-0.05, 0) is 35.2 Å². The second-order valence-corrected chi connectivity index (χ2v) is 7.12. The summed E-state index contributed by atoms with van der Waals surface area (Å²) in [5, 5.41) is 19.0. The Bertz CT molecular complexity index is 958. The van der Waals surface area contributed by atoms with Crippen LogP contribution in [0.4, 0.5) is 5.69 Å². The van der Waals surface area contributed by atoms with E-state index in [9.17, 15) is 9.90 Å². The van der Waals surface area contributed by atoms with Gasteiger partial charge in [0.15, 0.2) is 0 Å². The fourth-order valence-corrected chi connectivity index (χ4v) is 3.65. The fraction of sp³-hybridized carbons (Fsp3) is 0.250. The van der Waals surface area contributed by atoms with Crippen molar-refractivity contribution in [3.05, 3.63) is 52.5 Å². The molecule has 3 heterocycles. The maximum absolute atomic E-state index is 11.2. The minimum absolute atomic E-state index is 0.183. The molecule has 0 saturated carbocycles. The number of carbonyl (C=O) groups excluding carboxylic acids is 1. The van der Waals surface area contributed by atoms with Gasteiger partial charge in [-0.1, -0.05) is 17.3 Å². The van der Waals surface area contributed by atoms with E-state index in [1.165, 1.54) is 11.3 Å². The Balaban J connectivity index is 1.58. The molecular formula is C20H18N3O4S-. The zero-order valence-corrected chi connectivity index (χ0v) is 15.9. The molecule has 1 aromatic carbocycles. The summed E-state index contributed by atoms with van der Waals surface area (Å²) in [6.07, 6.45) is 1.43. The second-order valence-electron chi connectivity index (χ2n) is 6.34. The Morgan fingerprint density at radius 3 is 2.68 bits per heavy atom. The van der Waals surface area contributed by atoms with Crippen molar-refractivity contribution in [2.24, 2.45) is 0 Å². The molecule has 4 rings (SSSR count). The summed E-state index contributed by atoms with van der Waals surface area (Å²) in [7, 11) is 0. The van der Waals surface area contributed by atoms with E-state index >= 15 is 0 Å². The lowest BCUT2D eigenvalue weighted by Gasteiger charge is -2.28. The van der Waals surface area contributed by atoms with E-state index in [4.69, 9.17) is 9.26 Å². The highest BCUT2D eigenvalue weighted by Crippen LogP contribution is 2.25. The lowest BCUT2D eigenvalue weighted by Crippen LogP contribution is -2.36. The number of benzene rings is 1. The number of thiophene rings is 1. The zero-order chi connectivity index (χ0) is 19.3. The first-order valence-corrected chi connectivity index (χ1v) is 9.83. The van der Waals surface area contributed by atoms with Gasteiger partial charge in [0.2, 0.25) is 5.82 Å². The van der Waals surface area contributed by atoms with E-state index in [0.717, 1.165) is 43.1 Å². The van der Waals surface area contributed by atoms with E-state index in [1.54, 1.807) is 6.08 Å². The van der Waals surface area contributed by atoms with E-state index < -0.39 is 5.97 Å². The number of carboxylic acid groups (broad SMARTS) is 1. The largest absolute Gasteiger partial charge is 0.550 e. The number of hydrogen-bond acceptors (Lipinski definition) is 8. The predicted octanol–water partition coefficient (Wildman–Crippen LogP) is 2.32. The molecule has 3 aromatic rings. The molecule has 0 spiro atoms. The van der Waals surface area contributed by atoms with Gasteiger partial charge in [-0.3, -0.25) is 0 Å². The number of rotatable bonds is 6. The van der Waals surface area contributed by atoms with Crippen LogP contribution >= 0.6 is 11.3 Å². The monoisotopic (exact) mass is 396 g/mol. The lowest BCUT2D eigenvalue weighted by molar-refractivity contribution is -0.304. The minimum atomic E-state index is -1.20. The van der Waals surface area contributed by atoms with Crippen LogP contribution in [0.5, 0.6) is 0 Å². The van der Waals surface area contributed by atoms with Crippen molar-refractivity contribution in [3.8, 4) is 11.4 Å². The van der Waals surface area contributed by atoms with Gasteiger partial charge in [-0.15, -0.1) is 0 Å². The molecule has 1 fully saturated rings. The number of nitrogens with zero attached hydrogens (tertiary/aromatic N) is 3. The molecule has 2 aromatic heterocycles. The lowest BCUT2D eigenvalue weighted by atomic mass is 10.1. The highest BCUT2D eigenvalue weighted by molar-refractivity contribution is 7.08. The molecule has 1 aliphatic rings. The molecule has 7 nitrogen and oxygen atoms in total. The summed E-state index contributed by atoms with van der Waals surface area (Å²) in [5.41, 5.74) is 3.21. The highest BCUT2D eigenvalue weighted by Gasteiger charge is 2.15. The molecule has 0 bridgehead atoms. The van der Waals surface area contributed by atoms with Gasteiger partial charge in [0.05, 0.1) is 13.2 Å². The third-order valence-corrected chi connectivity index (χ3v) is 5.11. The number of morpholine rings is 1. The summed E-state index contributed by atoms with van der Waals surface area (Å²) >= 11 is 1.53. The molecule has 1 saturated heterocycles. The van der Waals surface area contributed by atoms with Gasteiger partial charge >= 0.3 is 0 Å². The van der Waals surface area contributed by atoms with E-state index in [0.29, 0.717) is 11.4 Å². The van der Waals surface area contributed by atoms with E-state index in [2.05, 4.69) is 15.0 Å². The molecule has 0 N–H and O–H groups in total. The standard InChI is InChI=1S/C20H19N3O4S/c24-18(25)12-16(20-21-19(22-27-20)15-5-10-28-13-15)11-14-1-3-17(4-2-14)23-6-8-26-9-7-23/h1-5,10-11,13H,6-9,12H2,(H,24,25)/p-1/b16-11+. The number of aliphatic carboxylic acids is 1. The van der Waals surface area contributed by atoms with Gasteiger partial charge < -0.3 is 24.1 Å². The Labute approximate surface area is 165 Å². The van der Waals surface area contributed by atoms with Crippen molar-refractivity contribution < 1.29 is 19.2 Å². The van der Waals surface area contributed by atoms with Gasteiger partial charge in [0, 0.05) is 47.7 Å². The molecule has 0 amide bonds. The summed E-state index contributed by atoms with van der Waals surface area (Å²) in [6.45, 7) is 3.17. The first-order valence-electron chi connectivity index (χ1n) is 8.89. The Morgan fingerprint density at radius 1 is 1.21 bits per heavy atom. The van der Waals surface area contributed by atoms with Crippen LogP contribution in [0.15, 0.2) is 45.6 Å². The van der Waals surface area contributed by atoms with Crippen molar-refractivity contribution in [1.82, 2.24) is 10.1 Å². The van der Waals surface area contributed by atoms with E-state index in [-0.39, 0.29) is 12.3 Å². The third-order valence-electron chi connectivity index (χ3n) is 4.43. The van der Waals surface area contributed by atoms with Crippen LogP contribution < -0.4 is 10.0 Å². The molecule has 144 valence electrons. The molecule has 0 unspecified atom stereocenters. The molecule has 8 heteroatoms. The van der Waals surface area contributed by atoms with Gasteiger partial charge in [0.1, 0.15) is 0 Å². The summed E-state index contributed by atoms with van der Waals surface area (Å²) in [6, 6.07) is 9.79. The highest BCUT2D eigenvalue weighted by atomic mass is 32.1. The zero-order valence-electron chi connectivity index (χ0n) is 15.0. The van der Waals surface area contributed by atoms with Crippen molar-refractivity contribution in [1.29, 1.82) is 0 Å². The van der Waals surface area contributed by atoms with Crippen molar-refractivity contribution in [2.45, 2.75) is 6.42 Å². The van der Waals surface area contributed by atoms with Crippen molar-refractivity contribution >= 4 is 34.6 Å². The number of carbonyl (C=O) groups is 1. The van der Waals surface area contributed by atoms with Crippen LogP contribution in [0.3, 0.4) is 0 Å². The predicted molar refractivity (Wildman–Crippen MR) is 105 cm³/mol. The van der Waals surface area contributed by atoms with Crippen LogP contribution in [0.2, 0.25) is 0 Å². The van der Waals surface area contributed by atoms with Crippen molar-refractivity contribution in [2.75, 3.05) is 31.2 Å². The normalized spacial score (nSPS) is 15.0. The Morgan fingerprint density at radius 2 is 2.00 bits per heavy atom. The number of anilines is 1. The number of hydrogen-bond donors (Lipinski definition) is 0. The Kier molecular flexibility index (Phi) is 5.50. The summed E-state index contributed by atoms with van der Waals surface area (Å²) in [4.78, 5) is 17.8. The molecular weight excluding hydrogens is 378 g/mol. The number of ether oxygens (including phenoxy) is 1. The van der Waals surface area contributed by atoms with Crippen LogP contribution in [-0.4, -0.2) is 42.4 Å². The average Bonchev–Trinajstić information content (AvgIpc) is 3.40. The van der Waals surface area contributed by atoms with Crippen LogP contribution in [0.25, 0.3) is 23.0 Å². The SMILES string of the molecule is O=C([O-])C/C(=C\c1ccc(N2CCOCC2)cc1)c1nc(-c2ccsc2)no1. The van der Waals surface area contributed by atoms with Crippen LogP contribution in [-0.2, 0) is 9.53 Å². The smallest absolute Gasteiger partial charge is 0.254 e. The maximum Gasteiger partial charge on any atom is 0.254 e. The molecule has 0 atom stereocenters. The third kappa shape index (κ3) is 4.29. The van der Waals surface area contributed by atoms with E-state index in [1.807, 2.05) is 41.1 Å². The van der Waals surface area contributed by atoms with Gasteiger partial charge in [0.25, 0.3) is 5.89 Å². The van der Waals surface area contributed by atoms with Gasteiger partial charge in [-0.25, -0.2) is 0 Å².